The number of aryl methyl sites for hydroxylation is 1. The first-order chi connectivity index (χ1) is 10.4. The van der Waals surface area contributed by atoms with Crippen LogP contribution in [0.5, 0.6) is 0 Å². The smallest absolute Gasteiger partial charge is 0.256 e. The summed E-state index contributed by atoms with van der Waals surface area (Å²) in [5.74, 6) is -0.733. The van der Waals surface area contributed by atoms with Crippen molar-refractivity contribution in [3.8, 4) is 0 Å². The highest BCUT2D eigenvalue weighted by molar-refractivity contribution is 6.68. The van der Waals surface area contributed by atoms with Gasteiger partial charge in [-0.3, -0.25) is 9.59 Å². The molecule has 0 radical (unpaired) electrons. The van der Waals surface area contributed by atoms with E-state index in [9.17, 15) is 14.0 Å². The van der Waals surface area contributed by atoms with E-state index >= 15 is 0 Å². The van der Waals surface area contributed by atoms with Crippen molar-refractivity contribution in [2.75, 3.05) is 5.32 Å². The number of amides is 1. The van der Waals surface area contributed by atoms with E-state index < -0.39 is 11.1 Å². The largest absolute Gasteiger partial charge is 0.358 e. The van der Waals surface area contributed by atoms with Crippen LogP contribution in [0, 0.1) is 19.7 Å². The predicted octanol–water partition coefficient (Wildman–Crippen LogP) is 3.64. The van der Waals surface area contributed by atoms with Gasteiger partial charge in [-0.25, -0.2) is 4.39 Å². The van der Waals surface area contributed by atoms with E-state index in [1.807, 2.05) is 0 Å². The van der Waals surface area contributed by atoms with Gasteiger partial charge in [0.1, 0.15) is 5.82 Å². The lowest BCUT2D eigenvalue weighted by Gasteiger charge is -1.99. The average molecular weight is 319 g/mol. The van der Waals surface area contributed by atoms with Crippen LogP contribution in [0.25, 0.3) is 11.6 Å². The van der Waals surface area contributed by atoms with Crippen molar-refractivity contribution in [2.45, 2.75) is 13.8 Å². The van der Waals surface area contributed by atoms with E-state index in [4.69, 9.17) is 11.6 Å². The Morgan fingerprint density at radius 3 is 2.68 bits per heavy atom. The first kappa shape index (κ1) is 14.5. The Kier molecular flexibility index (Phi) is 3.37. The minimum absolute atomic E-state index is 0.314. The number of aromatic amines is 1. The van der Waals surface area contributed by atoms with Gasteiger partial charge in [-0.15, -0.1) is 0 Å². The number of nitrogens with one attached hydrogen (secondary N) is 2. The van der Waals surface area contributed by atoms with Gasteiger partial charge in [-0.05, 0) is 55.3 Å². The molecule has 3 rings (SSSR count). The summed E-state index contributed by atoms with van der Waals surface area (Å²) < 4.78 is 13.4. The maximum atomic E-state index is 13.4. The van der Waals surface area contributed by atoms with Gasteiger partial charge in [0.05, 0.1) is 11.1 Å². The number of hydrogen-bond donors (Lipinski definition) is 2. The van der Waals surface area contributed by atoms with Gasteiger partial charge < -0.3 is 10.3 Å². The molecule has 4 nitrogen and oxygen atoms in total. The van der Waals surface area contributed by atoms with Crippen molar-refractivity contribution in [3.05, 3.63) is 52.1 Å². The summed E-state index contributed by atoms with van der Waals surface area (Å²) in [5, 5.41) is 2.12. The second-order valence-corrected chi connectivity index (χ2v) is 5.48. The van der Waals surface area contributed by atoms with Crippen molar-refractivity contribution < 1.29 is 14.0 Å². The molecule has 0 bridgehead atoms. The van der Waals surface area contributed by atoms with Gasteiger partial charge in [-0.2, -0.15) is 0 Å². The molecule has 112 valence electrons. The molecule has 0 saturated carbocycles. The van der Waals surface area contributed by atoms with Crippen molar-refractivity contribution in [1.82, 2.24) is 4.98 Å². The van der Waals surface area contributed by atoms with Crippen LogP contribution in [0.4, 0.5) is 10.1 Å². The number of anilines is 1. The summed E-state index contributed by atoms with van der Waals surface area (Å²) in [6.45, 7) is 3.47. The fourth-order valence-corrected chi connectivity index (χ4v) is 2.94. The Morgan fingerprint density at radius 1 is 1.32 bits per heavy atom. The van der Waals surface area contributed by atoms with Crippen LogP contribution in [-0.2, 0) is 4.79 Å². The Bertz CT molecular complexity index is 852. The number of rotatable bonds is 2. The maximum absolute atomic E-state index is 13.4. The number of aromatic nitrogens is 1. The molecule has 2 N–H and O–H groups in total. The molecule has 0 saturated heterocycles. The molecule has 1 aliphatic rings. The molecule has 1 amide bonds. The number of carbonyl (C=O) groups is 2. The molecule has 22 heavy (non-hydrogen) atoms. The van der Waals surface area contributed by atoms with Crippen LogP contribution >= 0.6 is 11.6 Å². The lowest BCUT2D eigenvalue weighted by molar-refractivity contribution is -0.110. The SMILES string of the molecule is Cc1[nH]c(C=C2C(=O)Nc3ccc(F)cc32)c(C)c1C(=O)Cl. The topological polar surface area (TPSA) is 62.0 Å². The molecule has 2 heterocycles. The van der Waals surface area contributed by atoms with Gasteiger partial charge in [0.15, 0.2) is 0 Å². The monoisotopic (exact) mass is 318 g/mol. The number of H-pyrrole nitrogens is 1. The van der Waals surface area contributed by atoms with Crippen molar-refractivity contribution in [2.24, 2.45) is 0 Å². The fourth-order valence-electron chi connectivity index (χ4n) is 2.66. The molecule has 1 aromatic heterocycles. The van der Waals surface area contributed by atoms with Crippen LogP contribution in [0.2, 0.25) is 0 Å². The van der Waals surface area contributed by atoms with E-state index in [1.54, 1.807) is 19.9 Å². The summed E-state index contributed by atoms with van der Waals surface area (Å²) in [4.78, 5) is 26.5. The average Bonchev–Trinajstić information content (AvgIpc) is 2.88. The van der Waals surface area contributed by atoms with Gasteiger partial charge in [0.25, 0.3) is 11.1 Å². The van der Waals surface area contributed by atoms with Crippen LogP contribution < -0.4 is 5.32 Å². The Labute approximate surface area is 131 Å². The molecule has 0 atom stereocenters. The van der Waals surface area contributed by atoms with E-state index in [0.717, 1.165) is 0 Å². The Balaban J connectivity index is 2.15. The number of hydrogen-bond acceptors (Lipinski definition) is 2. The quantitative estimate of drug-likeness (QED) is 0.656. The summed E-state index contributed by atoms with van der Waals surface area (Å²) in [5.41, 5.74) is 3.68. The second-order valence-electron chi connectivity index (χ2n) is 5.14. The Hall–Kier alpha value is -2.40. The molecular weight excluding hydrogens is 307 g/mol. The molecule has 0 aliphatic carbocycles. The van der Waals surface area contributed by atoms with Gasteiger partial charge in [0.2, 0.25) is 0 Å². The van der Waals surface area contributed by atoms with E-state index in [0.29, 0.717) is 39.3 Å². The molecule has 6 heteroatoms. The van der Waals surface area contributed by atoms with E-state index in [-0.39, 0.29) is 5.91 Å². The van der Waals surface area contributed by atoms with Crippen LogP contribution in [0.3, 0.4) is 0 Å². The van der Waals surface area contributed by atoms with E-state index in [2.05, 4.69) is 10.3 Å². The summed E-state index contributed by atoms with van der Waals surface area (Å²) in [7, 11) is 0. The van der Waals surface area contributed by atoms with Crippen molar-refractivity contribution >= 4 is 40.1 Å². The minimum atomic E-state index is -0.557. The third-order valence-electron chi connectivity index (χ3n) is 3.73. The highest BCUT2D eigenvalue weighted by Crippen LogP contribution is 2.34. The lowest BCUT2D eigenvalue weighted by Crippen LogP contribution is -2.03. The first-order valence-corrected chi connectivity index (χ1v) is 6.98. The fraction of sp³-hybridized carbons (Fsp3) is 0.125. The molecule has 1 aliphatic heterocycles. The van der Waals surface area contributed by atoms with E-state index in [1.165, 1.54) is 18.2 Å². The molecule has 2 aromatic rings. The Morgan fingerprint density at radius 2 is 2.05 bits per heavy atom. The predicted molar refractivity (Wildman–Crippen MR) is 83.4 cm³/mol. The molecule has 0 unspecified atom stereocenters. The maximum Gasteiger partial charge on any atom is 0.256 e. The summed E-state index contributed by atoms with van der Waals surface area (Å²) in [6, 6.07) is 4.11. The van der Waals surface area contributed by atoms with Crippen LogP contribution in [-0.4, -0.2) is 16.1 Å². The number of fused-ring (bicyclic) bond motifs is 1. The minimum Gasteiger partial charge on any atom is -0.358 e. The highest BCUT2D eigenvalue weighted by atomic mass is 35.5. The zero-order valence-electron chi connectivity index (χ0n) is 11.9. The number of halogens is 2. The van der Waals surface area contributed by atoms with Gasteiger partial charge in [-0.1, -0.05) is 0 Å². The summed E-state index contributed by atoms with van der Waals surface area (Å²) >= 11 is 5.57. The number of carbonyl (C=O) groups excluding carboxylic acids is 2. The zero-order chi connectivity index (χ0) is 16.0. The van der Waals surface area contributed by atoms with Crippen molar-refractivity contribution in [1.29, 1.82) is 0 Å². The second kappa shape index (κ2) is 5.10. The highest BCUT2D eigenvalue weighted by Gasteiger charge is 2.25. The lowest BCUT2D eigenvalue weighted by atomic mass is 10.0. The number of benzene rings is 1. The first-order valence-electron chi connectivity index (χ1n) is 6.60. The molecule has 0 fully saturated rings. The van der Waals surface area contributed by atoms with Crippen molar-refractivity contribution in [3.63, 3.8) is 0 Å². The molecule has 1 aromatic carbocycles. The molecule has 0 spiro atoms. The molecular formula is C16H12ClFN2O2. The zero-order valence-corrected chi connectivity index (χ0v) is 12.6. The van der Waals surface area contributed by atoms with Crippen LogP contribution in [0.1, 0.15) is 32.9 Å². The normalized spacial score (nSPS) is 15.1. The third kappa shape index (κ3) is 2.23. The summed E-state index contributed by atoms with van der Waals surface area (Å²) in [6.07, 6.45) is 1.60. The third-order valence-corrected chi connectivity index (χ3v) is 3.91. The van der Waals surface area contributed by atoms with Crippen LogP contribution in [0.15, 0.2) is 18.2 Å². The standard InChI is InChI=1S/C16H12ClFN2O2/c1-7-13(19-8(2)14(7)15(17)21)6-11-10-5-9(18)3-4-12(10)20-16(11)22/h3-6,19H,1-2H3,(H,20,22). The van der Waals surface area contributed by atoms with Gasteiger partial charge >= 0.3 is 0 Å². The van der Waals surface area contributed by atoms with Gasteiger partial charge in [0, 0.05) is 22.6 Å².